The second-order valence-electron chi connectivity index (χ2n) is 4.25. The van der Waals surface area contributed by atoms with Crippen LogP contribution in [0.2, 0.25) is 0 Å². The summed E-state index contributed by atoms with van der Waals surface area (Å²) in [7, 11) is -2.90. The summed E-state index contributed by atoms with van der Waals surface area (Å²) in [6, 6.07) is 0.274. The summed E-state index contributed by atoms with van der Waals surface area (Å²) >= 11 is 0. The second kappa shape index (κ2) is 4.16. The lowest BCUT2D eigenvalue weighted by atomic mass is 10.2. The molecule has 1 aliphatic heterocycles. The summed E-state index contributed by atoms with van der Waals surface area (Å²) in [6.07, 6.45) is 0. The number of hydrogen-bond acceptors (Lipinski definition) is 4. The van der Waals surface area contributed by atoms with Gasteiger partial charge in [-0.1, -0.05) is 0 Å². The van der Waals surface area contributed by atoms with Gasteiger partial charge in [0.2, 0.25) is 0 Å². The Bertz CT molecular complexity index is 271. The minimum Gasteiger partial charge on any atom is -0.329 e. The monoisotopic (exact) mass is 220 g/mol. The zero-order chi connectivity index (χ0) is 10.9. The summed E-state index contributed by atoms with van der Waals surface area (Å²) in [5, 5.41) is -0.527. The average molecular weight is 220 g/mol. The molecule has 84 valence electrons. The van der Waals surface area contributed by atoms with Crippen molar-refractivity contribution in [2.24, 2.45) is 5.73 Å². The Kier molecular flexibility index (Phi) is 3.55. The minimum absolute atomic E-state index is 0.264. The van der Waals surface area contributed by atoms with Crippen molar-refractivity contribution in [1.82, 2.24) is 4.90 Å². The summed E-state index contributed by atoms with van der Waals surface area (Å²) in [5.41, 5.74) is 5.57. The molecule has 0 saturated carbocycles. The maximum atomic E-state index is 11.7. The van der Waals surface area contributed by atoms with Crippen molar-refractivity contribution in [2.45, 2.75) is 37.3 Å². The van der Waals surface area contributed by atoms with Gasteiger partial charge in [-0.2, -0.15) is 0 Å². The van der Waals surface area contributed by atoms with Crippen LogP contribution >= 0.6 is 0 Å². The van der Waals surface area contributed by atoms with Crippen LogP contribution in [-0.4, -0.2) is 49.5 Å². The molecule has 2 N–H and O–H groups in total. The Morgan fingerprint density at radius 3 is 2.14 bits per heavy atom. The van der Waals surface area contributed by atoms with E-state index in [9.17, 15) is 8.42 Å². The second-order valence-corrected chi connectivity index (χ2v) is 7.04. The van der Waals surface area contributed by atoms with Crippen LogP contribution in [0.15, 0.2) is 0 Å². The van der Waals surface area contributed by atoms with E-state index in [0.29, 0.717) is 19.6 Å². The van der Waals surface area contributed by atoms with Crippen LogP contribution in [0, 0.1) is 0 Å². The van der Waals surface area contributed by atoms with E-state index in [1.807, 2.05) is 6.92 Å². The maximum Gasteiger partial charge on any atom is 0.157 e. The number of rotatable bonds is 2. The minimum atomic E-state index is -2.90. The fraction of sp³-hybridized carbons (Fsp3) is 1.00. The predicted octanol–water partition coefficient (Wildman–Crippen LogP) is -0.159. The Morgan fingerprint density at radius 2 is 1.79 bits per heavy atom. The van der Waals surface area contributed by atoms with Crippen LogP contribution in [0.1, 0.15) is 20.8 Å². The molecule has 1 aliphatic rings. The van der Waals surface area contributed by atoms with Gasteiger partial charge >= 0.3 is 0 Å². The van der Waals surface area contributed by atoms with Crippen molar-refractivity contribution in [2.75, 3.05) is 19.6 Å². The number of nitrogens with two attached hydrogens (primary N) is 1. The van der Waals surface area contributed by atoms with E-state index in [2.05, 4.69) is 4.90 Å². The van der Waals surface area contributed by atoms with E-state index in [1.165, 1.54) is 0 Å². The normalized spacial score (nSPS) is 35.4. The Hall–Kier alpha value is -0.130. The molecule has 14 heavy (non-hydrogen) atoms. The highest BCUT2D eigenvalue weighted by atomic mass is 32.2. The molecule has 1 saturated heterocycles. The van der Waals surface area contributed by atoms with Crippen LogP contribution < -0.4 is 5.73 Å². The molecule has 0 aromatic carbocycles. The van der Waals surface area contributed by atoms with Crippen LogP contribution in [0.5, 0.6) is 0 Å². The molecular formula is C9H20N2O2S. The molecule has 3 unspecified atom stereocenters. The van der Waals surface area contributed by atoms with E-state index in [4.69, 9.17) is 5.73 Å². The van der Waals surface area contributed by atoms with Crippen LogP contribution in [-0.2, 0) is 9.84 Å². The molecular weight excluding hydrogens is 200 g/mol. The topological polar surface area (TPSA) is 63.4 Å². The Morgan fingerprint density at radius 1 is 1.36 bits per heavy atom. The number of nitrogens with zero attached hydrogens (tertiary/aromatic N) is 1. The fourth-order valence-corrected chi connectivity index (χ4v) is 3.44. The van der Waals surface area contributed by atoms with Crippen LogP contribution in [0.3, 0.4) is 0 Å². The van der Waals surface area contributed by atoms with Gasteiger partial charge in [0.25, 0.3) is 0 Å². The Balaban J connectivity index is 2.76. The number of sulfone groups is 1. The third kappa shape index (κ3) is 2.10. The van der Waals surface area contributed by atoms with Crippen LogP contribution in [0.25, 0.3) is 0 Å². The van der Waals surface area contributed by atoms with Crippen molar-refractivity contribution in [3.05, 3.63) is 0 Å². The first-order valence-corrected chi connectivity index (χ1v) is 6.67. The van der Waals surface area contributed by atoms with Gasteiger partial charge in [0.15, 0.2) is 9.84 Å². The van der Waals surface area contributed by atoms with Crippen molar-refractivity contribution >= 4 is 9.84 Å². The van der Waals surface area contributed by atoms with Crippen molar-refractivity contribution < 1.29 is 8.42 Å². The van der Waals surface area contributed by atoms with Gasteiger partial charge in [-0.3, -0.25) is 4.90 Å². The highest BCUT2D eigenvalue weighted by Crippen LogP contribution is 2.19. The highest BCUT2D eigenvalue weighted by molar-refractivity contribution is 7.92. The smallest absolute Gasteiger partial charge is 0.157 e. The lowest BCUT2D eigenvalue weighted by molar-refractivity contribution is 0.204. The molecule has 0 bridgehead atoms. The van der Waals surface area contributed by atoms with E-state index >= 15 is 0 Å². The zero-order valence-corrected chi connectivity index (χ0v) is 9.92. The molecule has 1 heterocycles. The SMILES string of the molecule is CC(CN)N1CC(C)S(=O)(=O)C(C)C1. The van der Waals surface area contributed by atoms with Crippen molar-refractivity contribution in [3.63, 3.8) is 0 Å². The summed E-state index contributed by atoms with van der Waals surface area (Å²) < 4.78 is 23.4. The first-order chi connectivity index (χ1) is 6.39. The quantitative estimate of drug-likeness (QED) is 0.702. The van der Waals surface area contributed by atoms with Gasteiger partial charge in [0.1, 0.15) is 0 Å². The van der Waals surface area contributed by atoms with Gasteiger partial charge in [-0.15, -0.1) is 0 Å². The van der Waals surface area contributed by atoms with E-state index in [1.54, 1.807) is 13.8 Å². The maximum absolute atomic E-state index is 11.7. The number of hydrogen-bond donors (Lipinski definition) is 1. The highest BCUT2D eigenvalue weighted by Gasteiger charge is 2.36. The van der Waals surface area contributed by atoms with Gasteiger partial charge < -0.3 is 5.73 Å². The molecule has 4 nitrogen and oxygen atoms in total. The standard InChI is InChI=1S/C9H20N2O2S/c1-7(4-10)11-5-8(2)14(12,13)9(3)6-11/h7-9H,4-6,10H2,1-3H3. The summed E-state index contributed by atoms with van der Waals surface area (Å²) in [5.74, 6) is 0. The fourth-order valence-electron chi connectivity index (χ4n) is 1.85. The molecule has 0 aromatic rings. The molecule has 1 fully saturated rings. The third-order valence-electron chi connectivity index (χ3n) is 3.07. The summed E-state index contributed by atoms with van der Waals surface area (Å²) in [6.45, 7) is 7.41. The van der Waals surface area contributed by atoms with Gasteiger partial charge in [-0.05, 0) is 20.8 Å². The summed E-state index contributed by atoms with van der Waals surface area (Å²) in [4.78, 5) is 2.16. The third-order valence-corrected chi connectivity index (χ3v) is 5.61. The lowest BCUT2D eigenvalue weighted by Crippen LogP contribution is -2.54. The molecule has 1 rings (SSSR count). The van der Waals surface area contributed by atoms with Crippen molar-refractivity contribution in [3.8, 4) is 0 Å². The van der Waals surface area contributed by atoms with E-state index < -0.39 is 9.84 Å². The molecule has 0 amide bonds. The van der Waals surface area contributed by atoms with Gasteiger partial charge in [0, 0.05) is 25.7 Å². The largest absolute Gasteiger partial charge is 0.329 e. The molecule has 0 aliphatic carbocycles. The average Bonchev–Trinajstić information content (AvgIpc) is 2.13. The van der Waals surface area contributed by atoms with Gasteiger partial charge in [0.05, 0.1) is 10.5 Å². The lowest BCUT2D eigenvalue weighted by Gasteiger charge is -2.38. The van der Waals surface area contributed by atoms with Crippen LogP contribution in [0.4, 0.5) is 0 Å². The molecule has 0 aromatic heterocycles. The molecule has 3 atom stereocenters. The predicted molar refractivity (Wildman–Crippen MR) is 57.9 cm³/mol. The zero-order valence-electron chi connectivity index (χ0n) is 9.10. The van der Waals surface area contributed by atoms with Crippen molar-refractivity contribution in [1.29, 1.82) is 0 Å². The first-order valence-electron chi connectivity index (χ1n) is 5.06. The van der Waals surface area contributed by atoms with E-state index in [-0.39, 0.29) is 16.5 Å². The van der Waals surface area contributed by atoms with E-state index in [0.717, 1.165) is 0 Å². The molecule has 5 heteroatoms. The molecule has 0 spiro atoms. The first kappa shape index (κ1) is 11.9. The molecule has 0 radical (unpaired) electrons. The van der Waals surface area contributed by atoms with Gasteiger partial charge in [-0.25, -0.2) is 8.42 Å². The Labute approximate surface area is 86.4 Å².